The van der Waals surface area contributed by atoms with Crippen LogP contribution in [0.3, 0.4) is 0 Å². The molecule has 3 aromatic rings. The minimum atomic E-state index is -0.279. The second-order valence-corrected chi connectivity index (χ2v) is 7.59. The Morgan fingerprint density at radius 1 is 0.767 bits per heavy atom. The Morgan fingerprint density at radius 3 is 1.53 bits per heavy atom. The van der Waals surface area contributed by atoms with Gasteiger partial charge in [-0.05, 0) is 49.9 Å². The van der Waals surface area contributed by atoms with Crippen molar-refractivity contribution in [2.75, 3.05) is 0 Å². The van der Waals surface area contributed by atoms with Crippen molar-refractivity contribution in [2.45, 2.75) is 50.6 Å². The quantitative estimate of drug-likeness (QED) is 0.578. The summed E-state index contributed by atoms with van der Waals surface area (Å²) in [5.74, 6) is 2.37. The van der Waals surface area contributed by atoms with Crippen LogP contribution in [0.1, 0.15) is 81.7 Å². The van der Waals surface area contributed by atoms with Crippen molar-refractivity contribution in [1.82, 2.24) is 30.9 Å². The molecule has 0 bridgehead atoms. The van der Waals surface area contributed by atoms with Crippen LogP contribution in [0, 0.1) is 0 Å². The molecule has 2 aromatic heterocycles. The first kappa shape index (κ1) is 18.5. The van der Waals surface area contributed by atoms with Gasteiger partial charge in [0.15, 0.2) is 11.6 Å². The van der Waals surface area contributed by atoms with Gasteiger partial charge in [-0.1, -0.05) is 10.3 Å². The van der Waals surface area contributed by atoms with Crippen molar-refractivity contribution in [3.63, 3.8) is 0 Å². The number of hydrogen-bond donors (Lipinski definition) is 2. The molecule has 0 unspecified atom stereocenters. The van der Waals surface area contributed by atoms with Crippen molar-refractivity contribution in [2.24, 2.45) is 0 Å². The van der Waals surface area contributed by atoms with Crippen molar-refractivity contribution in [1.29, 1.82) is 0 Å². The van der Waals surface area contributed by atoms with Crippen LogP contribution in [-0.4, -0.2) is 32.1 Å². The molecule has 154 valence electrons. The molecule has 0 spiro atoms. The number of carbonyl (C=O) groups excluding carboxylic acids is 2. The van der Waals surface area contributed by atoms with Gasteiger partial charge in [-0.2, -0.15) is 9.97 Å². The van der Waals surface area contributed by atoms with E-state index in [2.05, 4.69) is 30.9 Å². The zero-order chi connectivity index (χ0) is 20.5. The Kier molecular flexibility index (Phi) is 4.74. The van der Waals surface area contributed by atoms with Crippen LogP contribution >= 0.6 is 0 Å². The van der Waals surface area contributed by atoms with Crippen molar-refractivity contribution in [3.05, 3.63) is 58.8 Å². The van der Waals surface area contributed by atoms with Crippen LogP contribution < -0.4 is 10.6 Å². The maximum absolute atomic E-state index is 12.3. The molecule has 0 radical (unpaired) electrons. The minimum Gasteiger partial charge on any atom is -0.345 e. The van der Waals surface area contributed by atoms with Crippen LogP contribution in [-0.2, 0) is 13.1 Å². The van der Waals surface area contributed by atoms with Crippen LogP contribution in [0.4, 0.5) is 0 Å². The average Bonchev–Trinajstić information content (AvgIpc) is 3.71. The molecule has 2 N–H and O–H groups in total. The first-order valence-electron chi connectivity index (χ1n) is 9.97. The number of nitrogens with one attached hydrogen (secondary N) is 2. The van der Waals surface area contributed by atoms with E-state index in [1.165, 1.54) is 0 Å². The van der Waals surface area contributed by atoms with E-state index >= 15 is 0 Å². The third kappa shape index (κ3) is 4.22. The maximum Gasteiger partial charge on any atom is 0.251 e. The zero-order valence-corrected chi connectivity index (χ0v) is 16.1. The van der Waals surface area contributed by atoms with Crippen LogP contribution in [0.15, 0.2) is 33.3 Å². The summed E-state index contributed by atoms with van der Waals surface area (Å²) >= 11 is 0. The number of hydrogen-bond acceptors (Lipinski definition) is 8. The first-order chi connectivity index (χ1) is 14.7. The van der Waals surface area contributed by atoms with E-state index in [9.17, 15) is 9.59 Å². The summed E-state index contributed by atoms with van der Waals surface area (Å²) in [7, 11) is 0. The predicted molar refractivity (Wildman–Crippen MR) is 101 cm³/mol. The van der Waals surface area contributed by atoms with Crippen LogP contribution in [0.25, 0.3) is 0 Å². The molecule has 0 saturated heterocycles. The Labute approximate surface area is 171 Å². The SMILES string of the molecule is O=C(NCc1noc(C2CC2)n1)c1ccc(C(=O)NCc2noc(C3CC3)n2)cc1. The lowest BCUT2D eigenvalue weighted by atomic mass is 10.1. The van der Waals surface area contributed by atoms with Gasteiger partial charge in [0, 0.05) is 23.0 Å². The number of aromatic nitrogens is 4. The number of rotatable bonds is 8. The van der Waals surface area contributed by atoms with Gasteiger partial charge in [-0.25, -0.2) is 0 Å². The summed E-state index contributed by atoms with van der Waals surface area (Å²) in [5.41, 5.74) is 0.870. The molecule has 2 heterocycles. The molecule has 10 heteroatoms. The summed E-state index contributed by atoms with van der Waals surface area (Å²) in [6.45, 7) is 0.371. The molecular weight excluding hydrogens is 388 g/mol. The molecular formula is C20H20N6O4. The van der Waals surface area contributed by atoms with Gasteiger partial charge in [0.25, 0.3) is 11.8 Å². The number of amides is 2. The molecule has 0 aliphatic heterocycles. The van der Waals surface area contributed by atoms with Crippen molar-refractivity contribution < 1.29 is 18.6 Å². The fraction of sp³-hybridized carbons (Fsp3) is 0.400. The molecule has 10 nitrogen and oxygen atoms in total. The van der Waals surface area contributed by atoms with Gasteiger partial charge in [0.05, 0.1) is 13.1 Å². The highest BCUT2D eigenvalue weighted by atomic mass is 16.5. The molecule has 2 amide bonds. The van der Waals surface area contributed by atoms with Crippen molar-refractivity contribution >= 4 is 11.8 Å². The lowest BCUT2D eigenvalue weighted by Gasteiger charge is -2.05. The van der Waals surface area contributed by atoms with Crippen molar-refractivity contribution in [3.8, 4) is 0 Å². The average molecular weight is 408 g/mol. The van der Waals surface area contributed by atoms with E-state index in [-0.39, 0.29) is 24.9 Å². The molecule has 0 atom stereocenters. The van der Waals surface area contributed by atoms with E-state index in [0.717, 1.165) is 25.7 Å². The normalized spacial score (nSPS) is 15.7. The Morgan fingerprint density at radius 2 is 1.17 bits per heavy atom. The number of benzene rings is 1. The second-order valence-electron chi connectivity index (χ2n) is 7.59. The summed E-state index contributed by atoms with van der Waals surface area (Å²) in [4.78, 5) is 33.1. The van der Waals surface area contributed by atoms with E-state index < -0.39 is 0 Å². The summed E-state index contributed by atoms with van der Waals surface area (Å²) in [5, 5.41) is 13.2. The summed E-state index contributed by atoms with van der Waals surface area (Å²) < 4.78 is 10.3. The van der Waals surface area contributed by atoms with Gasteiger partial charge >= 0.3 is 0 Å². The van der Waals surface area contributed by atoms with E-state index in [1.807, 2.05) is 0 Å². The maximum atomic E-state index is 12.3. The van der Waals surface area contributed by atoms with Crippen LogP contribution in [0.5, 0.6) is 0 Å². The Balaban J connectivity index is 1.11. The number of nitrogens with zero attached hydrogens (tertiary/aromatic N) is 4. The monoisotopic (exact) mass is 408 g/mol. The molecule has 5 rings (SSSR count). The highest BCUT2D eigenvalue weighted by Gasteiger charge is 2.30. The fourth-order valence-electron chi connectivity index (χ4n) is 2.97. The summed E-state index contributed by atoms with van der Waals surface area (Å²) in [6.07, 6.45) is 4.30. The van der Waals surface area contributed by atoms with E-state index in [4.69, 9.17) is 9.05 Å². The van der Waals surface area contributed by atoms with Gasteiger partial charge < -0.3 is 19.7 Å². The minimum absolute atomic E-state index is 0.185. The van der Waals surface area contributed by atoms with Gasteiger partial charge in [-0.15, -0.1) is 0 Å². The smallest absolute Gasteiger partial charge is 0.251 e. The van der Waals surface area contributed by atoms with Crippen LogP contribution in [0.2, 0.25) is 0 Å². The fourth-order valence-corrected chi connectivity index (χ4v) is 2.97. The van der Waals surface area contributed by atoms with E-state index in [0.29, 0.717) is 46.4 Å². The van der Waals surface area contributed by atoms with Gasteiger partial charge in [0.2, 0.25) is 11.8 Å². The van der Waals surface area contributed by atoms with Gasteiger partial charge in [0.1, 0.15) is 0 Å². The lowest BCUT2D eigenvalue weighted by Crippen LogP contribution is -2.25. The third-order valence-electron chi connectivity index (χ3n) is 5.04. The third-order valence-corrected chi connectivity index (χ3v) is 5.04. The molecule has 2 aliphatic rings. The van der Waals surface area contributed by atoms with E-state index in [1.54, 1.807) is 24.3 Å². The largest absolute Gasteiger partial charge is 0.345 e. The van der Waals surface area contributed by atoms with Gasteiger partial charge in [-0.3, -0.25) is 9.59 Å². The summed E-state index contributed by atoms with van der Waals surface area (Å²) in [6, 6.07) is 6.37. The molecule has 1 aromatic carbocycles. The Bertz CT molecular complexity index is 980. The molecule has 2 saturated carbocycles. The zero-order valence-electron chi connectivity index (χ0n) is 16.1. The standard InChI is InChI=1S/C20H20N6O4/c27-17(21-9-15-23-19(29-25-15)13-5-6-13)11-1-2-12(4-3-11)18(28)22-10-16-24-20(30-26-16)14-7-8-14/h1-4,13-14H,5-10H2,(H,21,27)(H,22,28). The molecule has 2 fully saturated rings. The first-order valence-corrected chi connectivity index (χ1v) is 9.97. The topological polar surface area (TPSA) is 136 Å². The Hall–Kier alpha value is -3.56. The predicted octanol–water partition coefficient (Wildman–Crippen LogP) is 2.07. The lowest BCUT2D eigenvalue weighted by molar-refractivity contribution is 0.0938. The highest BCUT2D eigenvalue weighted by Crippen LogP contribution is 2.39. The molecule has 2 aliphatic carbocycles. The number of carbonyl (C=O) groups is 2. The molecule has 30 heavy (non-hydrogen) atoms. The second kappa shape index (κ2) is 7.69. The highest BCUT2D eigenvalue weighted by molar-refractivity contribution is 5.97.